The summed E-state index contributed by atoms with van der Waals surface area (Å²) in [6.45, 7) is 2.35. The molecule has 2 aromatic heterocycles. The molecule has 1 saturated carbocycles. The van der Waals surface area contributed by atoms with Crippen molar-refractivity contribution in [1.29, 1.82) is 0 Å². The Hall–Kier alpha value is -3.98. The van der Waals surface area contributed by atoms with E-state index in [1.807, 2.05) is 30.3 Å². The van der Waals surface area contributed by atoms with Crippen LogP contribution in [0.1, 0.15) is 41.7 Å². The molecule has 1 spiro atoms. The van der Waals surface area contributed by atoms with Gasteiger partial charge in [-0.3, -0.25) is 14.9 Å². The predicted molar refractivity (Wildman–Crippen MR) is 136 cm³/mol. The van der Waals surface area contributed by atoms with Gasteiger partial charge in [-0.05, 0) is 68.1 Å². The highest BCUT2D eigenvalue weighted by molar-refractivity contribution is 6.01. The summed E-state index contributed by atoms with van der Waals surface area (Å²) in [5.74, 6) is 0.279. The molecule has 1 aliphatic carbocycles. The summed E-state index contributed by atoms with van der Waals surface area (Å²) in [6, 6.07) is 11.3. The summed E-state index contributed by atoms with van der Waals surface area (Å²) in [5.41, 5.74) is 4.78. The zero-order valence-corrected chi connectivity index (χ0v) is 19.9. The van der Waals surface area contributed by atoms with E-state index in [1.165, 1.54) is 0 Å². The summed E-state index contributed by atoms with van der Waals surface area (Å²) in [6.07, 6.45) is 6.13. The number of amides is 1. The lowest BCUT2D eigenvalue weighted by Crippen LogP contribution is -2.55. The van der Waals surface area contributed by atoms with E-state index in [0.717, 1.165) is 66.4 Å². The molecule has 3 aliphatic rings. The van der Waals surface area contributed by atoms with Crippen molar-refractivity contribution in [3.8, 4) is 11.5 Å². The van der Waals surface area contributed by atoms with Crippen molar-refractivity contribution in [3.63, 3.8) is 0 Å². The Labute approximate surface area is 206 Å². The average molecular weight is 484 g/mol. The van der Waals surface area contributed by atoms with Crippen LogP contribution in [0.3, 0.4) is 0 Å². The van der Waals surface area contributed by atoms with Gasteiger partial charge in [-0.1, -0.05) is 12.1 Å². The van der Waals surface area contributed by atoms with Gasteiger partial charge in [0.25, 0.3) is 11.6 Å². The Morgan fingerprint density at radius 2 is 2.03 bits per heavy atom. The summed E-state index contributed by atoms with van der Waals surface area (Å²) in [7, 11) is 2.06. The second kappa shape index (κ2) is 7.51. The number of hydrogen-bond donors (Lipinski definition) is 1. The summed E-state index contributed by atoms with van der Waals surface area (Å²) < 4.78 is 8.32. The number of nitrogens with one attached hydrogen (secondary N) is 1. The zero-order valence-electron chi connectivity index (χ0n) is 19.9. The average Bonchev–Trinajstić information content (AvgIpc) is 3.45. The number of likely N-dealkylation sites (N-methyl/N-ethyl adjacent to an activating group) is 1. The number of carbonyl (C=O) groups excluding carboxylic acids is 1. The van der Waals surface area contributed by atoms with Gasteiger partial charge in [0.15, 0.2) is 11.1 Å². The normalized spacial score (nSPS) is 19.2. The molecular weight excluding hydrogens is 458 g/mol. The van der Waals surface area contributed by atoms with Crippen molar-refractivity contribution in [1.82, 2.24) is 19.8 Å². The first-order valence-corrected chi connectivity index (χ1v) is 12.3. The monoisotopic (exact) mass is 483 g/mol. The molecule has 182 valence electrons. The fourth-order valence-corrected chi connectivity index (χ4v) is 5.90. The van der Waals surface area contributed by atoms with Crippen molar-refractivity contribution in [3.05, 3.63) is 63.8 Å². The van der Waals surface area contributed by atoms with Gasteiger partial charge in [-0.15, -0.1) is 0 Å². The molecule has 4 heterocycles. The van der Waals surface area contributed by atoms with Gasteiger partial charge in [0.1, 0.15) is 5.69 Å². The van der Waals surface area contributed by atoms with Crippen LogP contribution in [0.4, 0.5) is 5.69 Å². The number of hydrogen-bond acceptors (Lipinski definition) is 6. The van der Waals surface area contributed by atoms with Gasteiger partial charge in [0.05, 0.1) is 16.0 Å². The number of carbonyl (C=O) groups is 1. The van der Waals surface area contributed by atoms with Gasteiger partial charge in [0.2, 0.25) is 5.89 Å². The fourth-order valence-electron chi connectivity index (χ4n) is 5.90. The lowest BCUT2D eigenvalue weighted by Gasteiger charge is -2.47. The minimum atomic E-state index is -0.390. The maximum absolute atomic E-state index is 12.6. The predicted octanol–water partition coefficient (Wildman–Crippen LogP) is 4.70. The van der Waals surface area contributed by atoms with Crippen LogP contribution in [0, 0.1) is 10.1 Å². The molecule has 0 atom stereocenters. The van der Waals surface area contributed by atoms with Crippen molar-refractivity contribution in [2.24, 2.45) is 0 Å². The van der Waals surface area contributed by atoms with Gasteiger partial charge in [-0.25, -0.2) is 4.98 Å². The van der Waals surface area contributed by atoms with Gasteiger partial charge >= 0.3 is 0 Å². The molecule has 9 nitrogen and oxygen atoms in total. The number of rotatable bonds is 3. The lowest BCUT2D eigenvalue weighted by molar-refractivity contribution is -0.383. The number of benzene rings is 2. The van der Waals surface area contributed by atoms with Crippen LogP contribution in [0.15, 0.2) is 46.9 Å². The summed E-state index contributed by atoms with van der Waals surface area (Å²) in [5, 5.41) is 16.0. The number of non-ortho nitro benzene ring substituents is 1. The van der Waals surface area contributed by atoms with Crippen LogP contribution in [0.2, 0.25) is 0 Å². The molecule has 1 amide bonds. The molecule has 4 aromatic rings. The van der Waals surface area contributed by atoms with Crippen molar-refractivity contribution < 1.29 is 14.1 Å². The van der Waals surface area contributed by atoms with Crippen LogP contribution in [0.5, 0.6) is 0 Å². The van der Waals surface area contributed by atoms with Crippen molar-refractivity contribution >= 4 is 39.2 Å². The Morgan fingerprint density at radius 1 is 1.17 bits per heavy atom. The summed E-state index contributed by atoms with van der Waals surface area (Å²) >= 11 is 0. The molecule has 2 aromatic carbocycles. The number of oxazole rings is 1. The van der Waals surface area contributed by atoms with E-state index in [4.69, 9.17) is 4.42 Å². The maximum Gasteiger partial charge on any atom is 0.299 e. The Bertz CT molecular complexity index is 1620. The first-order valence-electron chi connectivity index (χ1n) is 12.3. The smallest absolute Gasteiger partial charge is 0.299 e. The van der Waals surface area contributed by atoms with E-state index in [-0.39, 0.29) is 27.6 Å². The van der Waals surface area contributed by atoms with E-state index in [9.17, 15) is 14.9 Å². The molecule has 36 heavy (non-hydrogen) atoms. The van der Waals surface area contributed by atoms with Crippen molar-refractivity contribution in [2.75, 3.05) is 26.7 Å². The summed E-state index contributed by atoms with van der Waals surface area (Å²) in [4.78, 5) is 30.9. The minimum Gasteiger partial charge on any atom is -0.436 e. The molecule has 0 bridgehead atoms. The number of nitro groups is 1. The standard InChI is InChI=1S/C27H25N5O4/c1-30-9-5-16(6-10-30)19-13-21(32(34)35)24-23(14-19)36-26(29-24)18-4-3-17-11-22-25(33)28-15-27(7-2-8-27)31(22)20(17)12-18/h3-5,11-14H,2,6-10,15H2,1H3,(H,28,33). The highest BCUT2D eigenvalue weighted by atomic mass is 16.6. The third kappa shape index (κ3) is 3.05. The highest BCUT2D eigenvalue weighted by Gasteiger charge is 2.44. The second-order valence-corrected chi connectivity index (χ2v) is 10.3. The topological polar surface area (TPSA) is 106 Å². The Balaban J connectivity index is 1.37. The first kappa shape index (κ1) is 21.3. The number of nitrogens with zero attached hydrogens (tertiary/aromatic N) is 4. The van der Waals surface area contributed by atoms with Crippen LogP contribution >= 0.6 is 0 Å². The molecule has 7 rings (SSSR count). The minimum absolute atomic E-state index is 0.0523. The molecule has 0 radical (unpaired) electrons. The maximum atomic E-state index is 12.6. The SMILES string of the molecule is CN1CC=C(c2cc([N+](=O)[O-])c3nc(-c4ccc5cc6n(c5c4)C4(CCC4)CNC6=O)oc3c2)CC1. The first-order chi connectivity index (χ1) is 17.4. The number of aromatic nitrogens is 2. The molecule has 9 heteroatoms. The van der Waals surface area contributed by atoms with Gasteiger partial charge < -0.3 is 19.2 Å². The van der Waals surface area contributed by atoms with Crippen LogP contribution in [0.25, 0.3) is 39.0 Å². The van der Waals surface area contributed by atoms with Gasteiger partial charge in [-0.2, -0.15) is 0 Å². The zero-order chi connectivity index (χ0) is 24.6. The Kier molecular flexibility index (Phi) is 4.45. The molecule has 0 unspecified atom stereocenters. The third-order valence-electron chi connectivity index (χ3n) is 8.08. The number of fused-ring (bicyclic) bond motifs is 5. The Morgan fingerprint density at radius 3 is 2.75 bits per heavy atom. The van der Waals surface area contributed by atoms with E-state index < -0.39 is 0 Å². The molecule has 0 saturated heterocycles. The van der Waals surface area contributed by atoms with Crippen LogP contribution in [-0.4, -0.2) is 52.0 Å². The largest absolute Gasteiger partial charge is 0.436 e. The molecule has 1 N–H and O–H groups in total. The van der Waals surface area contributed by atoms with Crippen LogP contribution < -0.4 is 5.32 Å². The van der Waals surface area contributed by atoms with E-state index >= 15 is 0 Å². The molecule has 2 aliphatic heterocycles. The quantitative estimate of drug-likeness (QED) is 0.334. The molecular formula is C27H25N5O4. The van der Waals surface area contributed by atoms with Crippen LogP contribution in [-0.2, 0) is 5.54 Å². The lowest BCUT2D eigenvalue weighted by atomic mass is 9.75. The van der Waals surface area contributed by atoms with Crippen molar-refractivity contribution in [2.45, 2.75) is 31.2 Å². The third-order valence-corrected chi connectivity index (χ3v) is 8.08. The van der Waals surface area contributed by atoms with E-state index in [1.54, 1.807) is 6.07 Å². The highest BCUT2D eigenvalue weighted by Crippen LogP contribution is 2.45. The van der Waals surface area contributed by atoms with Gasteiger partial charge in [0, 0.05) is 36.7 Å². The van der Waals surface area contributed by atoms with E-state index in [2.05, 4.69) is 32.9 Å². The van der Waals surface area contributed by atoms with E-state index in [0.29, 0.717) is 23.7 Å². The molecule has 1 fully saturated rings. The second-order valence-electron chi connectivity index (χ2n) is 10.3. The fraction of sp³-hybridized carbons (Fsp3) is 0.333. The number of nitro benzene ring substituents is 1.